The average Bonchev–Trinajstić information content (AvgIpc) is 2.22. The molecule has 0 unspecified atom stereocenters. The van der Waals surface area contributed by atoms with Crippen LogP contribution in [0.1, 0.15) is 31.9 Å². The van der Waals surface area contributed by atoms with Crippen LogP contribution in [-0.4, -0.2) is 10.6 Å². The fourth-order valence-electron chi connectivity index (χ4n) is 1.34. The number of anilines is 1. The van der Waals surface area contributed by atoms with Gasteiger partial charge in [0.2, 0.25) is 0 Å². The Morgan fingerprint density at radius 3 is 2.29 bits per heavy atom. The van der Waals surface area contributed by atoms with Crippen molar-refractivity contribution < 1.29 is 5.11 Å². The van der Waals surface area contributed by atoms with Gasteiger partial charge in [0.1, 0.15) is 5.76 Å². The minimum atomic E-state index is 0.0141. The number of rotatable bonds is 2. The molecule has 0 heterocycles. The second-order valence-electron chi connectivity index (χ2n) is 4.85. The monoisotopic (exact) mass is 254 g/mol. The molecule has 0 amide bonds. The third kappa shape index (κ3) is 5.65. The van der Waals surface area contributed by atoms with E-state index >= 15 is 0 Å². The van der Waals surface area contributed by atoms with Crippen molar-refractivity contribution in [2.45, 2.75) is 33.2 Å². The van der Waals surface area contributed by atoms with Crippen molar-refractivity contribution in [3.63, 3.8) is 0 Å². The summed E-state index contributed by atoms with van der Waals surface area (Å²) in [5, 5.41) is 16.9. The quantitative estimate of drug-likeness (QED) is 0.482. The highest BCUT2D eigenvalue weighted by Crippen LogP contribution is 2.23. The normalized spacial score (nSPS) is 10.2. The maximum Gasteiger partial charge on any atom is 0.115 e. The summed E-state index contributed by atoms with van der Waals surface area (Å²) >= 11 is 3.03. The largest absolute Gasteiger partial charge is 0.508 e. The van der Waals surface area contributed by atoms with Gasteiger partial charge in [0, 0.05) is 16.8 Å². The molecule has 0 saturated carbocycles. The molecule has 4 heteroatoms. The van der Waals surface area contributed by atoms with Gasteiger partial charge in [-0.3, -0.25) is 5.14 Å². The molecule has 0 bridgehead atoms. The van der Waals surface area contributed by atoms with E-state index in [2.05, 4.69) is 50.6 Å². The minimum Gasteiger partial charge on any atom is -0.508 e. The molecule has 0 aliphatic heterocycles. The van der Waals surface area contributed by atoms with Crippen LogP contribution in [0.15, 0.2) is 24.8 Å². The van der Waals surface area contributed by atoms with Crippen molar-refractivity contribution in [1.82, 2.24) is 0 Å². The lowest BCUT2D eigenvalue weighted by atomic mass is 10.0. The van der Waals surface area contributed by atoms with E-state index in [1.807, 2.05) is 25.1 Å². The molecule has 0 radical (unpaired) electrons. The van der Waals surface area contributed by atoms with E-state index in [-0.39, 0.29) is 11.3 Å². The second kappa shape index (κ2) is 6.57. The van der Waals surface area contributed by atoms with Crippen LogP contribution in [0.2, 0.25) is 0 Å². The zero-order valence-corrected chi connectivity index (χ0v) is 11.8. The fraction of sp³-hybridized carbons (Fsp3) is 0.385. The molecule has 17 heavy (non-hydrogen) atoms. The topological polar surface area (TPSA) is 58.3 Å². The average molecular weight is 254 g/mol. The minimum absolute atomic E-state index is 0.0141. The molecule has 0 fully saturated rings. The maximum absolute atomic E-state index is 9.32. The summed E-state index contributed by atoms with van der Waals surface area (Å²) in [6, 6.07) is 5.76. The highest BCUT2D eigenvalue weighted by Gasteiger charge is 2.11. The van der Waals surface area contributed by atoms with Gasteiger partial charge in [-0.1, -0.05) is 18.7 Å². The second-order valence-corrected chi connectivity index (χ2v) is 4.85. The van der Waals surface area contributed by atoms with E-state index in [1.165, 1.54) is 0 Å². The van der Waals surface area contributed by atoms with E-state index in [4.69, 9.17) is 0 Å². The van der Waals surface area contributed by atoms with Crippen LogP contribution in [0, 0.1) is 6.92 Å². The first-order valence-electron chi connectivity index (χ1n) is 5.32. The number of nitrogens with two attached hydrogens (primary N) is 1. The fourth-order valence-corrected chi connectivity index (χ4v) is 1.34. The zero-order valence-electron chi connectivity index (χ0n) is 10.9. The molecule has 1 rings (SSSR count). The number of aliphatic hydroxyl groups excluding tert-OH is 1. The molecule has 3 nitrogen and oxygen atoms in total. The van der Waals surface area contributed by atoms with Crippen LogP contribution in [0.25, 0.3) is 5.76 Å². The molecule has 0 atom stereocenters. The van der Waals surface area contributed by atoms with Gasteiger partial charge in [-0.05, 0) is 39.3 Å². The highest BCUT2D eigenvalue weighted by atomic mass is 32.1. The number of aryl methyl sites for hydroxylation is 1. The Hall–Kier alpha value is -1.13. The summed E-state index contributed by atoms with van der Waals surface area (Å²) in [6.45, 7) is 11.9. The summed E-state index contributed by atoms with van der Waals surface area (Å²) in [4.78, 5) is 0. The Labute approximate surface area is 109 Å². The summed E-state index contributed by atoms with van der Waals surface area (Å²) in [5.41, 5.74) is 2.97. The number of aliphatic hydroxyl groups is 1. The first-order chi connectivity index (χ1) is 7.79. The lowest BCUT2D eigenvalue weighted by Crippen LogP contribution is -2.26. The first kappa shape index (κ1) is 15.9. The molecule has 0 aliphatic rings. The number of hydrogen-bond donors (Lipinski definition) is 4. The molecule has 0 aromatic heterocycles. The van der Waals surface area contributed by atoms with Crippen molar-refractivity contribution in [3.05, 3.63) is 35.9 Å². The first-order valence-corrected chi connectivity index (χ1v) is 5.84. The van der Waals surface area contributed by atoms with Gasteiger partial charge < -0.3 is 10.4 Å². The Morgan fingerprint density at radius 2 is 1.88 bits per heavy atom. The molecular weight excluding hydrogens is 232 g/mol. The Balaban J connectivity index is 0.00000121. The predicted octanol–water partition coefficient (Wildman–Crippen LogP) is 3.52. The van der Waals surface area contributed by atoms with Crippen LogP contribution in [-0.2, 0) is 0 Å². The standard InChI is InChI=1S/C13H19NO.H3NS/c1-9-6-7-11(10(2)15)8-12(9)14-13(3,4)5;1-2/h6-8,14-15H,2H2,1,3-5H3;2H,1H2. The summed E-state index contributed by atoms with van der Waals surface area (Å²) in [5.74, 6) is 0.104. The van der Waals surface area contributed by atoms with Gasteiger partial charge in [-0.2, -0.15) is 0 Å². The predicted molar refractivity (Wildman–Crippen MR) is 79.4 cm³/mol. The van der Waals surface area contributed by atoms with E-state index in [1.54, 1.807) is 0 Å². The number of benzene rings is 1. The van der Waals surface area contributed by atoms with Gasteiger partial charge >= 0.3 is 0 Å². The van der Waals surface area contributed by atoms with Crippen LogP contribution < -0.4 is 10.5 Å². The molecule has 0 aliphatic carbocycles. The van der Waals surface area contributed by atoms with Gasteiger partial charge in [0.15, 0.2) is 0 Å². The molecule has 0 saturated heterocycles. The smallest absolute Gasteiger partial charge is 0.115 e. The summed E-state index contributed by atoms with van der Waals surface area (Å²) < 4.78 is 0. The van der Waals surface area contributed by atoms with Gasteiger partial charge in [-0.25, -0.2) is 0 Å². The van der Waals surface area contributed by atoms with Gasteiger partial charge in [0.05, 0.1) is 0 Å². The van der Waals surface area contributed by atoms with Gasteiger partial charge in [-0.15, -0.1) is 12.8 Å². The molecule has 4 N–H and O–H groups in total. The van der Waals surface area contributed by atoms with Crippen molar-refractivity contribution in [1.29, 1.82) is 0 Å². The third-order valence-electron chi connectivity index (χ3n) is 2.08. The molecular formula is C13H22N2OS. The Kier molecular flexibility index (Phi) is 6.13. The van der Waals surface area contributed by atoms with E-state index in [0.717, 1.165) is 16.8 Å². The van der Waals surface area contributed by atoms with Crippen molar-refractivity contribution in [2.75, 3.05) is 5.32 Å². The summed E-state index contributed by atoms with van der Waals surface area (Å²) in [6.07, 6.45) is 0. The SMILES string of the molecule is C=C(O)c1ccc(C)c(NC(C)(C)C)c1.NS. The van der Waals surface area contributed by atoms with E-state index in [0.29, 0.717) is 0 Å². The zero-order chi connectivity index (χ0) is 13.6. The highest BCUT2D eigenvalue weighted by molar-refractivity contribution is 7.77. The lowest BCUT2D eigenvalue weighted by molar-refractivity contribution is 0.514. The Bertz CT molecular complexity index is 383. The van der Waals surface area contributed by atoms with Crippen LogP contribution in [0.3, 0.4) is 0 Å². The molecule has 1 aromatic rings. The van der Waals surface area contributed by atoms with Crippen LogP contribution >= 0.6 is 12.8 Å². The van der Waals surface area contributed by atoms with E-state index in [9.17, 15) is 5.11 Å². The van der Waals surface area contributed by atoms with Crippen molar-refractivity contribution in [2.24, 2.45) is 5.14 Å². The third-order valence-corrected chi connectivity index (χ3v) is 2.08. The maximum atomic E-state index is 9.32. The lowest BCUT2D eigenvalue weighted by Gasteiger charge is -2.24. The van der Waals surface area contributed by atoms with Crippen LogP contribution in [0.5, 0.6) is 0 Å². The number of hydrogen-bond acceptors (Lipinski definition) is 4. The number of nitrogens with one attached hydrogen (secondary N) is 1. The summed E-state index contributed by atoms with van der Waals surface area (Å²) in [7, 11) is 0. The van der Waals surface area contributed by atoms with Gasteiger partial charge in [0.25, 0.3) is 0 Å². The molecule has 0 spiro atoms. The van der Waals surface area contributed by atoms with E-state index < -0.39 is 0 Å². The van der Waals surface area contributed by atoms with Crippen LogP contribution in [0.4, 0.5) is 5.69 Å². The van der Waals surface area contributed by atoms with Crippen molar-refractivity contribution in [3.8, 4) is 0 Å². The number of thiol groups is 1. The molecule has 96 valence electrons. The Morgan fingerprint density at radius 1 is 1.35 bits per heavy atom. The molecule has 1 aromatic carbocycles. The van der Waals surface area contributed by atoms with Crippen molar-refractivity contribution >= 4 is 24.3 Å².